The van der Waals surface area contributed by atoms with Crippen LogP contribution in [0.1, 0.15) is 271 Å². The third-order valence-electron chi connectivity index (χ3n) is 11.3. The van der Waals surface area contributed by atoms with Crippen molar-refractivity contribution in [3.05, 3.63) is 12.2 Å². The zero-order chi connectivity index (χ0) is 37.8. The summed E-state index contributed by atoms with van der Waals surface area (Å²) in [5.41, 5.74) is 0. The minimum atomic E-state index is -0.834. The van der Waals surface area contributed by atoms with Gasteiger partial charge < -0.3 is 15.5 Å². The molecule has 0 fully saturated rings. The van der Waals surface area contributed by atoms with Crippen LogP contribution in [0.25, 0.3) is 0 Å². The molecule has 0 aliphatic rings. The molecule has 0 heterocycles. The number of carbonyl (C=O) groups is 1. The molecule has 1 amide bonds. The number of hydrogen-bond acceptors (Lipinski definition) is 3. The molecule has 0 aliphatic heterocycles. The SMILES string of the molecule is CCCCCCCCCCCCCCCC/C=C/C(O)C(CO)NC(=O)CCCCCCCCCCCCCCCCCCCCCCCCCC. The van der Waals surface area contributed by atoms with Crippen LogP contribution in [0.2, 0.25) is 0 Å². The van der Waals surface area contributed by atoms with Gasteiger partial charge in [-0.1, -0.05) is 257 Å². The fraction of sp³-hybridized carbons (Fsp3) is 0.938. The maximum Gasteiger partial charge on any atom is 0.220 e. The standard InChI is InChI=1S/C48H95NO3/c1-3-5-7-9-11-13-15-17-19-21-22-23-24-25-26-27-28-30-32-34-36-38-40-42-44-48(52)49-46(45-50)47(51)43-41-39-37-35-33-31-29-20-18-16-14-12-10-8-6-4-2/h41,43,46-47,50-51H,3-40,42,44-45H2,1-2H3,(H,49,52)/b43-41+. The zero-order valence-corrected chi connectivity index (χ0v) is 35.6. The average Bonchev–Trinajstić information content (AvgIpc) is 3.15. The lowest BCUT2D eigenvalue weighted by Gasteiger charge is -2.20. The predicted octanol–water partition coefficient (Wildman–Crippen LogP) is 15.0. The molecule has 310 valence electrons. The number of hydrogen-bond donors (Lipinski definition) is 3. The molecule has 3 N–H and O–H groups in total. The third-order valence-corrected chi connectivity index (χ3v) is 11.3. The number of amides is 1. The van der Waals surface area contributed by atoms with Crippen molar-refractivity contribution in [1.29, 1.82) is 0 Å². The molecule has 0 rings (SSSR count). The van der Waals surface area contributed by atoms with Crippen molar-refractivity contribution >= 4 is 5.91 Å². The molecule has 0 bridgehead atoms. The number of aliphatic hydroxyl groups is 2. The second-order valence-electron chi connectivity index (χ2n) is 16.5. The first-order chi connectivity index (χ1) is 25.7. The molecule has 52 heavy (non-hydrogen) atoms. The van der Waals surface area contributed by atoms with Gasteiger partial charge >= 0.3 is 0 Å². The molecule has 0 aromatic rings. The molecule has 0 radical (unpaired) electrons. The Morgan fingerprint density at radius 1 is 0.442 bits per heavy atom. The molecule has 4 nitrogen and oxygen atoms in total. The highest BCUT2D eigenvalue weighted by molar-refractivity contribution is 5.76. The van der Waals surface area contributed by atoms with E-state index in [1.165, 1.54) is 225 Å². The predicted molar refractivity (Wildman–Crippen MR) is 230 cm³/mol. The number of unbranched alkanes of at least 4 members (excludes halogenated alkanes) is 37. The van der Waals surface area contributed by atoms with Crippen LogP contribution in [0.5, 0.6) is 0 Å². The fourth-order valence-electron chi connectivity index (χ4n) is 7.59. The number of nitrogens with one attached hydrogen (secondary N) is 1. The van der Waals surface area contributed by atoms with Gasteiger partial charge in [-0.15, -0.1) is 0 Å². The Kier molecular flexibility index (Phi) is 43.8. The number of rotatable bonds is 44. The van der Waals surface area contributed by atoms with Crippen molar-refractivity contribution in [2.45, 2.75) is 283 Å². The summed E-state index contributed by atoms with van der Waals surface area (Å²) >= 11 is 0. The molecule has 0 saturated heterocycles. The third kappa shape index (κ3) is 40.3. The monoisotopic (exact) mass is 734 g/mol. The number of allylic oxidation sites excluding steroid dienone is 1. The summed E-state index contributed by atoms with van der Waals surface area (Å²) in [6.45, 7) is 4.34. The maximum absolute atomic E-state index is 12.4. The van der Waals surface area contributed by atoms with Crippen LogP contribution >= 0.6 is 0 Å². The van der Waals surface area contributed by atoms with E-state index in [4.69, 9.17) is 0 Å². The first-order valence-corrected chi connectivity index (χ1v) is 23.9. The van der Waals surface area contributed by atoms with Gasteiger partial charge in [-0.3, -0.25) is 4.79 Å². The molecular formula is C48H95NO3. The quantitative estimate of drug-likeness (QED) is 0.0431. The molecule has 0 aromatic heterocycles. The fourth-order valence-corrected chi connectivity index (χ4v) is 7.59. The highest BCUT2D eigenvalue weighted by atomic mass is 16.3. The van der Waals surface area contributed by atoms with E-state index in [2.05, 4.69) is 19.2 Å². The normalized spacial score (nSPS) is 12.9. The summed E-state index contributed by atoms with van der Waals surface area (Å²) in [4.78, 5) is 12.4. The van der Waals surface area contributed by atoms with Crippen molar-refractivity contribution in [1.82, 2.24) is 5.32 Å². The van der Waals surface area contributed by atoms with Crippen LogP contribution in [0, 0.1) is 0 Å². The Balaban J connectivity index is 3.47. The molecule has 2 atom stereocenters. The molecule has 0 aliphatic carbocycles. The largest absolute Gasteiger partial charge is 0.394 e. The highest BCUT2D eigenvalue weighted by Crippen LogP contribution is 2.17. The Labute approximate surface area is 327 Å². The zero-order valence-electron chi connectivity index (χ0n) is 35.6. The van der Waals surface area contributed by atoms with Gasteiger partial charge in [0.05, 0.1) is 18.8 Å². The van der Waals surface area contributed by atoms with E-state index in [1.807, 2.05) is 6.08 Å². The van der Waals surface area contributed by atoms with E-state index >= 15 is 0 Å². The van der Waals surface area contributed by atoms with E-state index in [-0.39, 0.29) is 12.5 Å². The van der Waals surface area contributed by atoms with Crippen LogP contribution in [-0.4, -0.2) is 34.9 Å². The molecular weight excluding hydrogens is 639 g/mol. The van der Waals surface area contributed by atoms with Gasteiger partial charge in [-0.05, 0) is 19.3 Å². The molecule has 0 aromatic carbocycles. The lowest BCUT2D eigenvalue weighted by atomic mass is 10.0. The molecule has 0 saturated carbocycles. The first kappa shape index (κ1) is 51.1. The topological polar surface area (TPSA) is 69.6 Å². The van der Waals surface area contributed by atoms with E-state index in [9.17, 15) is 15.0 Å². The summed E-state index contributed by atoms with van der Waals surface area (Å²) in [6, 6.07) is -0.616. The van der Waals surface area contributed by atoms with E-state index in [1.54, 1.807) is 6.08 Å². The van der Waals surface area contributed by atoms with E-state index < -0.39 is 12.1 Å². The molecule has 2 unspecified atom stereocenters. The van der Waals surface area contributed by atoms with Crippen LogP contribution in [-0.2, 0) is 4.79 Å². The minimum absolute atomic E-state index is 0.0581. The van der Waals surface area contributed by atoms with Gasteiger partial charge in [0.1, 0.15) is 0 Å². The molecule has 4 heteroatoms. The second-order valence-corrected chi connectivity index (χ2v) is 16.5. The molecule has 0 spiro atoms. The summed E-state index contributed by atoms with van der Waals surface area (Å²) in [7, 11) is 0. The maximum atomic E-state index is 12.4. The number of aliphatic hydroxyl groups excluding tert-OH is 2. The van der Waals surface area contributed by atoms with Gasteiger partial charge in [0, 0.05) is 6.42 Å². The van der Waals surface area contributed by atoms with E-state index in [0.717, 1.165) is 25.7 Å². The highest BCUT2D eigenvalue weighted by Gasteiger charge is 2.18. The van der Waals surface area contributed by atoms with Crippen molar-refractivity contribution in [2.75, 3.05) is 6.61 Å². The van der Waals surface area contributed by atoms with Gasteiger partial charge in [-0.2, -0.15) is 0 Å². The van der Waals surface area contributed by atoms with Gasteiger partial charge in [0.25, 0.3) is 0 Å². The van der Waals surface area contributed by atoms with Crippen molar-refractivity contribution < 1.29 is 15.0 Å². The van der Waals surface area contributed by atoms with Crippen molar-refractivity contribution in [3.63, 3.8) is 0 Å². The van der Waals surface area contributed by atoms with E-state index in [0.29, 0.717) is 6.42 Å². The van der Waals surface area contributed by atoms with Crippen molar-refractivity contribution in [3.8, 4) is 0 Å². The lowest BCUT2D eigenvalue weighted by molar-refractivity contribution is -0.123. The van der Waals surface area contributed by atoms with Gasteiger partial charge in [-0.25, -0.2) is 0 Å². The second kappa shape index (κ2) is 44.5. The Morgan fingerprint density at radius 3 is 1.00 bits per heavy atom. The Morgan fingerprint density at radius 2 is 0.712 bits per heavy atom. The van der Waals surface area contributed by atoms with Crippen LogP contribution in [0.3, 0.4) is 0 Å². The summed E-state index contributed by atoms with van der Waals surface area (Å²) in [6.07, 6.45) is 56.2. The van der Waals surface area contributed by atoms with Crippen molar-refractivity contribution in [2.24, 2.45) is 0 Å². The summed E-state index contributed by atoms with van der Waals surface area (Å²) in [5, 5.41) is 23.1. The smallest absolute Gasteiger partial charge is 0.220 e. The van der Waals surface area contributed by atoms with Gasteiger partial charge in [0.2, 0.25) is 5.91 Å². The number of carbonyl (C=O) groups excluding carboxylic acids is 1. The van der Waals surface area contributed by atoms with Crippen LogP contribution < -0.4 is 5.32 Å². The Hall–Kier alpha value is -0.870. The minimum Gasteiger partial charge on any atom is -0.394 e. The Bertz CT molecular complexity index is 710. The van der Waals surface area contributed by atoms with Crippen LogP contribution in [0.15, 0.2) is 12.2 Å². The lowest BCUT2D eigenvalue weighted by Crippen LogP contribution is -2.45. The summed E-state index contributed by atoms with van der Waals surface area (Å²) in [5.74, 6) is -0.0581. The summed E-state index contributed by atoms with van der Waals surface area (Å²) < 4.78 is 0. The van der Waals surface area contributed by atoms with Gasteiger partial charge in [0.15, 0.2) is 0 Å². The first-order valence-electron chi connectivity index (χ1n) is 23.9. The van der Waals surface area contributed by atoms with Crippen LogP contribution in [0.4, 0.5) is 0 Å². The average molecular weight is 734 g/mol.